The number of hydrogen-bond acceptors (Lipinski definition) is 6. The third-order valence-electron chi connectivity index (χ3n) is 8.07. The summed E-state index contributed by atoms with van der Waals surface area (Å²) in [6.07, 6.45) is 1.58. The van der Waals surface area contributed by atoms with Crippen LogP contribution in [0.15, 0.2) is 24.3 Å². The number of benzene rings is 1. The zero-order valence-electron chi connectivity index (χ0n) is 20.0. The minimum atomic E-state index is -1.46. The normalized spacial score (nSPS) is 32.1. The van der Waals surface area contributed by atoms with Crippen LogP contribution in [0.4, 0.5) is 5.69 Å². The van der Waals surface area contributed by atoms with Crippen molar-refractivity contribution in [2.75, 3.05) is 25.6 Å². The predicted molar refractivity (Wildman–Crippen MR) is 122 cm³/mol. The molecule has 0 aromatic heterocycles. The maximum atomic E-state index is 13.9. The number of nitrogens with zero attached hydrogens (tertiary/aromatic N) is 2. The maximum absolute atomic E-state index is 13.9. The Kier molecular flexibility index (Phi) is 5.24. The summed E-state index contributed by atoms with van der Waals surface area (Å²) in [4.78, 5) is 58.4. The monoisotopic (exact) mass is 469 g/mol. The number of amides is 3. The fraction of sp³-hybridized carbons (Fsp3) is 0.600. The number of fused-ring (bicyclic) bond motifs is 4. The Morgan fingerprint density at radius 2 is 1.94 bits per heavy atom. The Morgan fingerprint density at radius 3 is 2.65 bits per heavy atom. The lowest BCUT2D eigenvalue weighted by Crippen LogP contribution is -2.64. The molecule has 0 saturated carbocycles. The van der Waals surface area contributed by atoms with Crippen LogP contribution in [0.2, 0.25) is 0 Å². The summed E-state index contributed by atoms with van der Waals surface area (Å²) in [5.41, 5.74) is -0.985. The standard InChI is InChI=1S/C25H31N3O6/c1-5-34-22(31)18-19-21(30)27-12-8-11-16(27)20(29)28(19)17(13-24(2,3)33-4)25(18)14-9-6-7-10-15(14)26-23(25)32/h6-7,9-10,16-19H,5,8,11-13H2,1-4H3,(H,26,32)/t16-,17-,18+,19+,25-/m0/s1. The molecule has 4 aliphatic rings. The van der Waals surface area contributed by atoms with Gasteiger partial charge in [-0.05, 0) is 51.7 Å². The van der Waals surface area contributed by atoms with Crippen LogP contribution in [0.3, 0.4) is 0 Å². The molecule has 5 atom stereocenters. The van der Waals surface area contributed by atoms with E-state index in [4.69, 9.17) is 9.47 Å². The van der Waals surface area contributed by atoms with Gasteiger partial charge in [0, 0.05) is 19.3 Å². The summed E-state index contributed by atoms with van der Waals surface area (Å²) in [7, 11) is 1.58. The number of para-hydroxylation sites is 1. The van der Waals surface area contributed by atoms with Gasteiger partial charge in [-0.15, -0.1) is 0 Å². The molecule has 0 bridgehead atoms. The van der Waals surface area contributed by atoms with Gasteiger partial charge in [-0.1, -0.05) is 18.2 Å². The summed E-state index contributed by atoms with van der Waals surface area (Å²) < 4.78 is 11.2. The molecule has 1 aromatic carbocycles. The molecule has 1 spiro atoms. The van der Waals surface area contributed by atoms with Gasteiger partial charge < -0.3 is 24.6 Å². The minimum Gasteiger partial charge on any atom is -0.466 e. The molecule has 9 heteroatoms. The van der Waals surface area contributed by atoms with Gasteiger partial charge in [0.05, 0.1) is 18.2 Å². The number of rotatable bonds is 5. The third kappa shape index (κ3) is 2.88. The lowest BCUT2D eigenvalue weighted by atomic mass is 9.65. The van der Waals surface area contributed by atoms with Gasteiger partial charge in [0.15, 0.2) is 0 Å². The van der Waals surface area contributed by atoms with Crippen LogP contribution in [-0.2, 0) is 34.1 Å². The summed E-state index contributed by atoms with van der Waals surface area (Å²) in [6.45, 7) is 6.02. The summed E-state index contributed by atoms with van der Waals surface area (Å²) >= 11 is 0. The number of hydrogen-bond donors (Lipinski definition) is 1. The molecule has 3 amide bonds. The van der Waals surface area contributed by atoms with Gasteiger partial charge in [0.2, 0.25) is 17.7 Å². The Hall–Kier alpha value is -2.94. The molecule has 4 heterocycles. The van der Waals surface area contributed by atoms with Crippen molar-refractivity contribution in [3.63, 3.8) is 0 Å². The van der Waals surface area contributed by atoms with Crippen LogP contribution in [0.5, 0.6) is 0 Å². The smallest absolute Gasteiger partial charge is 0.313 e. The fourth-order valence-corrected chi connectivity index (χ4v) is 6.51. The van der Waals surface area contributed by atoms with E-state index in [0.29, 0.717) is 24.2 Å². The van der Waals surface area contributed by atoms with E-state index in [1.54, 1.807) is 48.1 Å². The average molecular weight is 470 g/mol. The van der Waals surface area contributed by atoms with Crippen molar-refractivity contribution in [3.05, 3.63) is 29.8 Å². The highest BCUT2D eigenvalue weighted by Gasteiger charge is 2.74. The van der Waals surface area contributed by atoms with Gasteiger partial charge in [0.25, 0.3) is 0 Å². The SMILES string of the molecule is CCOC(=O)[C@H]1[C@@H]2C(=O)N3CCC[C@H]3C(=O)N2[C@@H](CC(C)(C)OC)[C@]12C(=O)Nc1ccccc12. The fourth-order valence-electron chi connectivity index (χ4n) is 6.51. The molecule has 3 fully saturated rings. The number of esters is 1. The first kappa shape index (κ1) is 22.8. The second-order valence-electron chi connectivity index (χ2n) is 10.2. The highest BCUT2D eigenvalue weighted by molar-refractivity contribution is 6.13. The molecular formula is C25H31N3O6. The van der Waals surface area contributed by atoms with Crippen LogP contribution >= 0.6 is 0 Å². The van der Waals surface area contributed by atoms with E-state index in [9.17, 15) is 19.2 Å². The summed E-state index contributed by atoms with van der Waals surface area (Å²) in [6, 6.07) is 4.78. The highest BCUT2D eigenvalue weighted by Crippen LogP contribution is 2.57. The molecule has 182 valence electrons. The third-order valence-corrected chi connectivity index (χ3v) is 8.07. The number of ether oxygens (including phenoxy) is 2. The van der Waals surface area contributed by atoms with Gasteiger partial charge in [-0.3, -0.25) is 19.2 Å². The Morgan fingerprint density at radius 1 is 1.21 bits per heavy atom. The molecule has 9 nitrogen and oxygen atoms in total. The second kappa shape index (κ2) is 7.80. The first-order valence-corrected chi connectivity index (χ1v) is 11.9. The molecule has 0 aliphatic carbocycles. The van der Waals surface area contributed by atoms with Crippen molar-refractivity contribution >= 4 is 29.4 Å². The predicted octanol–water partition coefficient (Wildman–Crippen LogP) is 1.45. The number of methoxy groups -OCH3 is 1. The van der Waals surface area contributed by atoms with Crippen molar-refractivity contribution in [3.8, 4) is 0 Å². The molecule has 34 heavy (non-hydrogen) atoms. The Bertz CT molecular complexity index is 1070. The van der Waals surface area contributed by atoms with E-state index in [0.717, 1.165) is 6.42 Å². The Labute approximate surface area is 198 Å². The lowest BCUT2D eigenvalue weighted by Gasteiger charge is -2.43. The first-order valence-electron chi connectivity index (χ1n) is 11.9. The van der Waals surface area contributed by atoms with Crippen LogP contribution in [0.25, 0.3) is 0 Å². The van der Waals surface area contributed by atoms with E-state index < -0.39 is 41.0 Å². The van der Waals surface area contributed by atoms with Crippen molar-refractivity contribution in [1.82, 2.24) is 9.80 Å². The van der Waals surface area contributed by atoms with Crippen LogP contribution in [0, 0.1) is 5.92 Å². The molecule has 3 saturated heterocycles. The van der Waals surface area contributed by atoms with Gasteiger partial charge in [-0.2, -0.15) is 0 Å². The summed E-state index contributed by atoms with van der Waals surface area (Å²) in [5, 5.41) is 2.93. The van der Waals surface area contributed by atoms with Crippen LogP contribution < -0.4 is 5.32 Å². The molecule has 4 aliphatic heterocycles. The number of anilines is 1. The molecule has 5 rings (SSSR count). The van der Waals surface area contributed by atoms with E-state index in [-0.39, 0.29) is 30.7 Å². The first-order chi connectivity index (χ1) is 16.2. The molecular weight excluding hydrogens is 438 g/mol. The van der Waals surface area contributed by atoms with Crippen molar-refractivity contribution < 1.29 is 28.7 Å². The van der Waals surface area contributed by atoms with E-state index in [1.165, 1.54) is 0 Å². The lowest BCUT2D eigenvalue weighted by molar-refractivity contribution is -0.164. The van der Waals surface area contributed by atoms with Gasteiger partial charge in [0.1, 0.15) is 23.4 Å². The van der Waals surface area contributed by atoms with Crippen LogP contribution in [-0.4, -0.2) is 77.5 Å². The van der Waals surface area contributed by atoms with Crippen LogP contribution in [0.1, 0.15) is 45.6 Å². The molecule has 1 aromatic rings. The minimum absolute atomic E-state index is 0.101. The van der Waals surface area contributed by atoms with Crippen molar-refractivity contribution in [2.24, 2.45) is 5.92 Å². The number of piperazine rings is 1. The molecule has 0 radical (unpaired) electrons. The highest BCUT2D eigenvalue weighted by atomic mass is 16.5. The van der Waals surface area contributed by atoms with Gasteiger partial charge >= 0.3 is 5.97 Å². The van der Waals surface area contributed by atoms with Gasteiger partial charge in [-0.25, -0.2) is 0 Å². The zero-order valence-corrected chi connectivity index (χ0v) is 20.0. The molecule has 1 N–H and O–H groups in total. The van der Waals surface area contributed by atoms with E-state index in [1.807, 2.05) is 13.8 Å². The quantitative estimate of drug-likeness (QED) is 0.655. The van der Waals surface area contributed by atoms with Crippen molar-refractivity contribution in [1.29, 1.82) is 0 Å². The molecule has 0 unspecified atom stereocenters. The number of carbonyl (C=O) groups is 4. The average Bonchev–Trinajstić information content (AvgIpc) is 3.48. The number of nitrogens with one attached hydrogen (secondary N) is 1. The second-order valence-corrected chi connectivity index (χ2v) is 10.2. The van der Waals surface area contributed by atoms with E-state index >= 15 is 0 Å². The maximum Gasteiger partial charge on any atom is 0.313 e. The Balaban J connectivity index is 1.78. The summed E-state index contributed by atoms with van der Waals surface area (Å²) in [5.74, 6) is -2.68. The largest absolute Gasteiger partial charge is 0.466 e. The van der Waals surface area contributed by atoms with E-state index in [2.05, 4.69) is 5.32 Å². The topological polar surface area (TPSA) is 105 Å². The number of carbonyl (C=O) groups excluding carboxylic acids is 4. The zero-order chi connectivity index (χ0) is 24.4. The van der Waals surface area contributed by atoms with Crippen molar-refractivity contribution in [2.45, 2.75) is 69.2 Å².